The standard InChI is InChI=1S/C15H19ClN2OS/c1-11(15-17-13(8-16)10-20-15)18(2)9-12-6-4-5-7-14(12)19-3/h4-7,10-11H,8-9H2,1-3H3. The maximum absolute atomic E-state index is 5.81. The highest BCUT2D eigenvalue weighted by atomic mass is 35.5. The van der Waals surface area contributed by atoms with E-state index in [1.54, 1.807) is 18.4 Å². The van der Waals surface area contributed by atoms with Crippen molar-refractivity contribution in [3.63, 3.8) is 0 Å². The third-order valence-electron chi connectivity index (χ3n) is 3.34. The number of nitrogens with zero attached hydrogens (tertiary/aromatic N) is 2. The van der Waals surface area contributed by atoms with E-state index in [2.05, 4.69) is 29.9 Å². The van der Waals surface area contributed by atoms with Gasteiger partial charge < -0.3 is 4.74 Å². The first-order valence-electron chi connectivity index (χ1n) is 6.48. The third kappa shape index (κ3) is 3.51. The predicted octanol–water partition coefficient (Wildman–Crippen LogP) is 4.08. The van der Waals surface area contributed by atoms with Crippen LogP contribution in [0, 0.1) is 0 Å². The minimum Gasteiger partial charge on any atom is -0.496 e. The number of hydrogen-bond donors (Lipinski definition) is 0. The van der Waals surface area contributed by atoms with Crippen molar-refractivity contribution in [2.24, 2.45) is 0 Å². The highest BCUT2D eigenvalue weighted by molar-refractivity contribution is 7.09. The van der Waals surface area contributed by atoms with Gasteiger partial charge >= 0.3 is 0 Å². The van der Waals surface area contributed by atoms with E-state index in [9.17, 15) is 0 Å². The number of benzene rings is 1. The Morgan fingerprint density at radius 1 is 1.40 bits per heavy atom. The second-order valence-corrected chi connectivity index (χ2v) is 5.87. The molecule has 0 spiro atoms. The van der Waals surface area contributed by atoms with Crippen LogP contribution in [-0.4, -0.2) is 24.0 Å². The molecule has 1 atom stereocenters. The van der Waals surface area contributed by atoms with E-state index in [0.717, 1.165) is 23.0 Å². The van der Waals surface area contributed by atoms with Crippen LogP contribution in [0.25, 0.3) is 0 Å². The van der Waals surface area contributed by atoms with E-state index < -0.39 is 0 Å². The van der Waals surface area contributed by atoms with E-state index in [4.69, 9.17) is 16.3 Å². The van der Waals surface area contributed by atoms with Gasteiger partial charge in [-0.1, -0.05) is 18.2 Å². The van der Waals surface area contributed by atoms with Crippen LogP contribution in [0.15, 0.2) is 29.6 Å². The lowest BCUT2D eigenvalue weighted by Crippen LogP contribution is -2.22. The Hall–Kier alpha value is -1.10. The van der Waals surface area contributed by atoms with E-state index >= 15 is 0 Å². The largest absolute Gasteiger partial charge is 0.496 e. The summed E-state index contributed by atoms with van der Waals surface area (Å²) in [6.45, 7) is 2.98. The van der Waals surface area contributed by atoms with Gasteiger partial charge in [-0.25, -0.2) is 4.98 Å². The molecule has 20 heavy (non-hydrogen) atoms. The zero-order valence-electron chi connectivity index (χ0n) is 12.0. The Kier molecular flexibility index (Phi) is 5.40. The zero-order chi connectivity index (χ0) is 14.5. The summed E-state index contributed by atoms with van der Waals surface area (Å²) in [6, 6.07) is 8.35. The van der Waals surface area contributed by atoms with Crippen LogP contribution in [0.5, 0.6) is 5.75 Å². The highest BCUT2D eigenvalue weighted by Gasteiger charge is 2.16. The molecule has 0 aliphatic carbocycles. The minimum absolute atomic E-state index is 0.252. The van der Waals surface area contributed by atoms with Gasteiger partial charge in [0.15, 0.2) is 0 Å². The number of rotatable bonds is 6. The lowest BCUT2D eigenvalue weighted by Gasteiger charge is -2.23. The molecule has 2 rings (SSSR count). The first kappa shape index (κ1) is 15.3. The smallest absolute Gasteiger partial charge is 0.123 e. The number of para-hydroxylation sites is 1. The number of hydrogen-bond acceptors (Lipinski definition) is 4. The third-order valence-corrected chi connectivity index (χ3v) is 4.67. The average molecular weight is 311 g/mol. The molecule has 0 aliphatic rings. The van der Waals surface area contributed by atoms with Crippen LogP contribution in [0.1, 0.15) is 29.2 Å². The van der Waals surface area contributed by atoms with E-state index in [1.165, 1.54) is 5.56 Å². The fraction of sp³-hybridized carbons (Fsp3) is 0.400. The van der Waals surface area contributed by atoms with E-state index in [1.807, 2.05) is 23.6 Å². The summed E-state index contributed by atoms with van der Waals surface area (Å²) in [6.07, 6.45) is 0. The van der Waals surface area contributed by atoms with Gasteiger partial charge in [-0.15, -0.1) is 22.9 Å². The molecule has 0 radical (unpaired) electrons. The second kappa shape index (κ2) is 7.07. The fourth-order valence-corrected chi connectivity index (χ4v) is 3.17. The van der Waals surface area contributed by atoms with Gasteiger partial charge in [-0.05, 0) is 20.0 Å². The molecule has 108 valence electrons. The summed E-state index contributed by atoms with van der Waals surface area (Å²) in [5, 5.41) is 3.12. The van der Waals surface area contributed by atoms with E-state index in [-0.39, 0.29) is 6.04 Å². The minimum atomic E-state index is 0.252. The molecular weight excluding hydrogens is 292 g/mol. The van der Waals surface area contributed by atoms with Gasteiger partial charge in [0.25, 0.3) is 0 Å². The Morgan fingerprint density at radius 2 is 2.15 bits per heavy atom. The molecule has 5 heteroatoms. The number of thiazole rings is 1. The average Bonchev–Trinajstić information content (AvgIpc) is 2.95. The number of ether oxygens (including phenoxy) is 1. The Labute approximate surface area is 129 Å². The zero-order valence-corrected chi connectivity index (χ0v) is 13.5. The molecule has 1 heterocycles. The molecule has 1 unspecified atom stereocenters. The van der Waals surface area contributed by atoms with Gasteiger partial charge in [0.2, 0.25) is 0 Å². The molecule has 1 aromatic carbocycles. The predicted molar refractivity (Wildman–Crippen MR) is 84.5 cm³/mol. The molecule has 0 saturated heterocycles. The van der Waals surface area contributed by atoms with Gasteiger partial charge in [0.1, 0.15) is 10.8 Å². The summed E-state index contributed by atoms with van der Waals surface area (Å²) in [5.74, 6) is 1.39. The number of methoxy groups -OCH3 is 1. The summed E-state index contributed by atoms with van der Waals surface area (Å²) < 4.78 is 5.40. The lowest BCUT2D eigenvalue weighted by molar-refractivity contribution is 0.248. The van der Waals surface area contributed by atoms with Gasteiger partial charge in [0.05, 0.1) is 24.7 Å². The molecule has 0 aliphatic heterocycles. The number of halogens is 1. The molecule has 0 fully saturated rings. The molecule has 3 nitrogen and oxygen atoms in total. The van der Waals surface area contributed by atoms with Gasteiger partial charge in [0, 0.05) is 17.5 Å². The summed E-state index contributed by atoms with van der Waals surface area (Å²) in [5.41, 5.74) is 2.13. The van der Waals surface area contributed by atoms with Crippen molar-refractivity contribution in [2.45, 2.75) is 25.4 Å². The van der Waals surface area contributed by atoms with Crippen LogP contribution in [0.2, 0.25) is 0 Å². The first-order valence-corrected chi connectivity index (χ1v) is 7.89. The van der Waals surface area contributed by atoms with Gasteiger partial charge in [-0.2, -0.15) is 0 Å². The molecule has 2 aromatic rings. The highest BCUT2D eigenvalue weighted by Crippen LogP contribution is 2.26. The van der Waals surface area contributed by atoms with Crippen LogP contribution < -0.4 is 4.74 Å². The molecule has 0 saturated carbocycles. The van der Waals surface area contributed by atoms with Crippen molar-refractivity contribution in [1.82, 2.24) is 9.88 Å². The molecule has 0 N–H and O–H groups in total. The first-order chi connectivity index (χ1) is 9.65. The van der Waals surface area contributed by atoms with Crippen LogP contribution in [0.4, 0.5) is 0 Å². The Balaban J connectivity index is 2.09. The fourth-order valence-electron chi connectivity index (χ4n) is 2.00. The quantitative estimate of drug-likeness (QED) is 0.752. The number of alkyl halides is 1. The molecule has 0 amide bonds. The maximum Gasteiger partial charge on any atom is 0.123 e. The van der Waals surface area contributed by atoms with Crippen LogP contribution in [0.3, 0.4) is 0 Å². The number of aromatic nitrogens is 1. The monoisotopic (exact) mass is 310 g/mol. The van der Waals surface area contributed by atoms with Crippen LogP contribution >= 0.6 is 22.9 Å². The van der Waals surface area contributed by atoms with Crippen molar-refractivity contribution in [3.8, 4) is 5.75 Å². The van der Waals surface area contributed by atoms with Crippen molar-refractivity contribution in [1.29, 1.82) is 0 Å². The summed E-state index contributed by atoms with van der Waals surface area (Å²) in [7, 11) is 3.80. The van der Waals surface area contributed by atoms with Crippen molar-refractivity contribution in [2.75, 3.05) is 14.2 Å². The SMILES string of the molecule is COc1ccccc1CN(C)C(C)c1nc(CCl)cs1. The lowest BCUT2D eigenvalue weighted by atomic mass is 10.1. The summed E-state index contributed by atoms with van der Waals surface area (Å²) >= 11 is 7.47. The molecule has 0 bridgehead atoms. The molecular formula is C15H19ClN2OS. The van der Waals surface area contributed by atoms with Crippen molar-refractivity contribution in [3.05, 3.63) is 45.9 Å². The topological polar surface area (TPSA) is 25.4 Å². The summed E-state index contributed by atoms with van der Waals surface area (Å²) in [4.78, 5) is 6.81. The normalized spacial score (nSPS) is 12.7. The van der Waals surface area contributed by atoms with Gasteiger partial charge in [-0.3, -0.25) is 4.90 Å². The van der Waals surface area contributed by atoms with Crippen molar-refractivity contribution < 1.29 is 4.74 Å². The molecule has 1 aromatic heterocycles. The maximum atomic E-state index is 5.81. The Morgan fingerprint density at radius 3 is 2.80 bits per heavy atom. The second-order valence-electron chi connectivity index (χ2n) is 4.71. The Bertz CT molecular complexity index is 558. The van der Waals surface area contributed by atoms with Crippen LogP contribution in [-0.2, 0) is 12.4 Å². The van der Waals surface area contributed by atoms with Crippen molar-refractivity contribution >= 4 is 22.9 Å². The van der Waals surface area contributed by atoms with E-state index in [0.29, 0.717) is 5.88 Å².